The highest BCUT2D eigenvalue weighted by atomic mass is 32.2. The number of hydrogen-bond donors (Lipinski definition) is 2. The Morgan fingerprint density at radius 3 is 1.93 bits per heavy atom. The number of aryl methyl sites for hydroxylation is 3. The fourth-order valence-corrected chi connectivity index (χ4v) is 6.04. The molecule has 0 aliphatic heterocycles. The van der Waals surface area contributed by atoms with Gasteiger partial charge in [0, 0.05) is 16.9 Å². The zero-order valence-electron chi connectivity index (χ0n) is 24.9. The third kappa shape index (κ3) is 7.25. The molecule has 0 spiro atoms. The van der Waals surface area contributed by atoms with Crippen LogP contribution in [0.25, 0.3) is 0 Å². The monoisotopic (exact) mass is 583 g/mol. The van der Waals surface area contributed by atoms with E-state index in [1.807, 2.05) is 45.0 Å². The van der Waals surface area contributed by atoms with Gasteiger partial charge in [-0.15, -0.1) is 0 Å². The molecule has 4 aromatic rings. The van der Waals surface area contributed by atoms with Gasteiger partial charge in [-0.2, -0.15) is 0 Å². The van der Waals surface area contributed by atoms with Gasteiger partial charge >= 0.3 is 0 Å². The molecular formula is C34H37N3O4S. The lowest BCUT2D eigenvalue weighted by Gasteiger charge is -2.26. The molecule has 0 saturated carbocycles. The Labute approximate surface area is 248 Å². The zero-order chi connectivity index (χ0) is 30.7. The van der Waals surface area contributed by atoms with E-state index in [9.17, 15) is 18.0 Å². The molecule has 2 N–H and O–H groups in total. The first-order valence-electron chi connectivity index (χ1n) is 13.7. The Hall–Kier alpha value is -4.43. The van der Waals surface area contributed by atoms with Crippen LogP contribution < -0.4 is 14.9 Å². The van der Waals surface area contributed by atoms with Crippen LogP contribution in [0, 0.1) is 20.8 Å². The number of nitrogens with one attached hydrogen (secondary N) is 2. The minimum absolute atomic E-state index is 0.0191. The van der Waals surface area contributed by atoms with Gasteiger partial charge in [-0.3, -0.25) is 13.9 Å². The third-order valence-electron chi connectivity index (χ3n) is 6.93. The molecule has 0 aliphatic carbocycles. The molecule has 2 amide bonds. The van der Waals surface area contributed by atoms with Crippen LogP contribution in [0.15, 0.2) is 95.9 Å². The lowest BCUT2D eigenvalue weighted by Crippen LogP contribution is -2.38. The normalized spacial score (nSPS) is 11.6. The summed E-state index contributed by atoms with van der Waals surface area (Å²) in [5.74, 6) is -0.795. The summed E-state index contributed by atoms with van der Waals surface area (Å²) < 4.78 is 28.6. The van der Waals surface area contributed by atoms with E-state index in [1.54, 1.807) is 66.7 Å². The lowest BCUT2D eigenvalue weighted by atomic mass is 9.87. The van der Waals surface area contributed by atoms with Crippen molar-refractivity contribution < 1.29 is 18.0 Å². The highest BCUT2D eigenvalue weighted by Gasteiger charge is 2.28. The Balaban J connectivity index is 1.53. The number of hydrogen-bond acceptors (Lipinski definition) is 4. The smallest absolute Gasteiger partial charge is 0.264 e. The molecule has 0 aliphatic rings. The van der Waals surface area contributed by atoms with Crippen molar-refractivity contribution in [3.05, 3.63) is 119 Å². The second kappa shape index (κ2) is 12.2. The number of benzene rings is 4. The average Bonchev–Trinajstić information content (AvgIpc) is 2.92. The summed E-state index contributed by atoms with van der Waals surface area (Å²) in [5.41, 5.74) is 5.62. The molecule has 0 fully saturated rings. The maximum Gasteiger partial charge on any atom is 0.264 e. The Bertz CT molecular complexity index is 1710. The largest absolute Gasteiger partial charge is 0.324 e. The van der Waals surface area contributed by atoms with Crippen molar-refractivity contribution >= 4 is 38.9 Å². The highest BCUT2D eigenvalue weighted by molar-refractivity contribution is 7.92. The van der Waals surface area contributed by atoms with Crippen LogP contribution in [0.3, 0.4) is 0 Å². The van der Waals surface area contributed by atoms with Gasteiger partial charge in [0.2, 0.25) is 5.91 Å². The number of amides is 2. The summed E-state index contributed by atoms with van der Waals surface area (Å²) in [4.78, 5) is 26.2. The second-order valence-corrected chi connectivity index (χ2v) is 13.4. The average molecular weight is 584 g/mol. The Morgan fingerprint density at radius 1 is 0.738 bits per heavy atom. The van der Waals surface area contributed by atoms with Crippen LogP contribution >= 0.6 is 0 Å². The minimum atomic E-state index is -4.05. The van der Waals surface area contributed by atoms with Gasteiger partial charge in [0.25, 0.3) is 15.9 Å². The van der Waals surface area contributed by atoms with E-state index in [0.29, 0.717) is 22.6 Å². The summed E-state index contributed by atoms with van der Waals surface area (Å²) >= 11 is 0. The molecule has 0 atom stereocenters. The van der Waals surface area contributed by atoms with Crippen molar-refractivity contribution in [1.82, 2.24) is 0 Å². The first kappa shape index (κ1) is 30.5. The molecule has 42 heavy (non-hydrogen) atoms. The minimum Gasteiger partial charge on any atom is -0.324 e. The van der Waals surface area contributed by atoms with E-state index in [1.165, 1.54) is 0 Å². The molecule has 4 aromatic carbocycles. The van der Waals surface area contributed by atoms with Crippen molar-refractivity contribution in [3.8, 4) is 0 Å². The van der Waals surface area contributed by atoms with Gasteiger partial charge in [0.15, 0.2) is 0 Å². The van der Waals surface area contributed by atoms with Gasteiger partial charge in [0.05, 0.1) is 10.6 Å². The van der Waals surface area contributed by atoms with Crippen molar-refractivity contribution in [3.63, 3.8) is 0 Å². The van der Waals surface area contributed by atoms with Crippen LogP contribution in [0.4, 0.5) is 17.1 Å². The van der Waals surface area contributed by atoms with Gasteiger partial charge in [-0.05, 0) is 85.8 Å². The molecule has 0 unspecified atom stereocenters. The van der Waals surface area contributed by atoms with Crippen molar-refractivity contribution in [1.29, 1.82) is 0 Å². The summed E-state index contributed by atoms with van der Waals surface area (Å²) in [7, 11) is -4.05. The molecule has 0 heterocycles. The van der Waals surface area contributed by atoms with Crippen molar-refractivity contribution in [2.75, 3.05) is 21.5 Å². The standard InChI is InChI=1S/C34H37N3O4S/c1-23-10-17-30(18-11-23)42(40,41)37(31-19-12-24(2)20-25(31)3)22-32(38)35-28-8-7-9-29(21-28)36-33(39)26-13-15-27(16-14-26)34(4,5)6/h7-21H,22H2,1-6H3,(H,35,38)(H,36,39). The third-order valence-corrected chi connectivity index (χ3v) is 8.71. The fourth-order valence-electron chi connectivity index (χ4n) is 4.55. The molecule has 0 radical (unpaired) electrons. The fraction of sp³-hybridized carbons (Fsp3) is 0.235. The summed E-state index contributed by atoms with van der Waals surface area (Å²) in [5, 5.41) is 5.65. The van der Waals surface area contributed by atoms with Gasteiger partial charge < -0.3 is 10.6 Å². The SMILES string of the molecule is Cc1ccc(S(=O)(=O)N(CC(=O)Nc2cccc(NC(=O)c3ccc(C(C)(C)C)cc3)c2)c2ccc(C)cc2C)cc1. The van der Waals surface area contributed by atoms with Crippen molar-refractivity contribution in [2.45, 2.75) is 51.9 Å². The topological polar surface area (TPSA) is 95.6 Å². The quantitative estimate of drug-likeness (QED) is 0.234. The van der Waals surface area contributed by atoms with Gasteiger partial charge in [-0.25, -0.2) is 8.42 Å². The number of nitrogens with zero attached hydrogens (tertiary/aromatic N) is 1. The first-order chi connectivity index (χ1) is 19.7. The number of anilines is 3. The van der Waals surface area contributed by atoms with Crippen LogP contribution in [0.1, 0.15) is 53.4 Å². The van der Waals surface area contributed by atoms with E-state index in [-0.39, 0.29) is 16.2 Å². The van der Waals surface area contributed by atoms with E-state index in [4.69, 9.17) is 0 Å². The molecule has 0 bridgehead atoms. The van der Waals surface area contributed by atoms with E-state index >= 15 is 0 Å². The van der Waals surface area contributed by atoms with Crippen LogP contribution in [0.5, 0.6) is 0 Å². The molecule has 4 rings (SSSR count). The molecule has 0 aromatic heterocycles. The summed E-state index contributed by atoms with van der Waals surface area (Å²) in [6.45, 7) is 11.5. The lowest BCUT2D eigenvalue weighted by molar-refractivity contribution is -0.114. The molecular weight excluding hydrogens is 546 g/mol. The number of carbonyl (C=O) groups is 2. The molecule has 8 heteroatoms. The maximum atomic E-state index is 13.8. The predicted octanol–water partition coefficient (Wildman–Crippen LogP) is 7.00. The zero-order valence-corrected chi connectivity index (χ0v) is 25.7. The van der Waals surface area contributed by atoms with Gasteiger partial charge in [-0.1, -0.05) is 74.4 Å². The molecule has 7 nitrogen and oxygen atoms in total. The first-order valence-corrected chi connectivity index (χ1v) is 15.2. The van der Waals surface area contributed by atoms with E-state index in [0.717, 1.165) is 26.6 Å². The number of sulfonamides is 1. The highest BCUT2D eigenvalue weighted by Crippen LogP contribution is 2.28. The number of rotatable bonds is 8. The van der Waals surface area contributed by atoms with E-state index in [2.05, 4.69) is 31.4 Å². The van der Waals surface area contributed by atoms with Crippen LogP contribution in [-0.4, -0.2) is 26.8 Å². The Kier molecular flexibility index (Phi) is 8.87. The molecule has 0 saturated heterocycles. The van der Waals surface area contributed by atoms with Crippen LogP contribution in [-0.2, 0) is 20.2 Å². The van der Waals surface area contributed by atoms with Crippen LogP contribution in [0.2, 0.25) is 0 Å². The summed E-state index contributed by atoms with van der Waals surface area (Å²) in [6.07, 6.45) is 0. The van der Waals surface area contributed by atoms with E-state index < -0.39 is 22.5 Å². The van der Waals surface area contributed by atoms with Gasteiger partial charge in [0.1, 0.15) is 6.54 Å². The van der Waals surface area contributed by atoms with Crippen molar-refractivity contribution in [2.24, 2.45) is 0 Å². The predicted molar refractivity (Wildman–Crippen MR) is 170 cm³/mol. The second-order valence-electron chi connectivity index (χ2n) is 11.5. The number of carbonyl (C=O) groups excluding carboxylic acids is 2. The molecule has 218 valence electrons. The maximum absolute atomic E-state index is 13.8. The summed E-state index contributed by atoms with van der Waals surface area (Å²) in [6, 6.07) is 26.2. The Morgan fingerprint density at radius 2 is 1.33 bits per heavy atom.